The molecule has 1 aromatic carbocycles. The Bertz CT molecular complexity index is 461. The van der Waals surface area contributed by atoms with E-state index in [1.54, 1.807) is 11.8 Å². The molecule has 17 heavy (non-hydrogen) atoms. The molecule has 90 valence electrons. The Labute approximate surface area is 103 Å². The Hall–Kier alpha value is -1.49. The van der Waals surface area contributed by atoms with Crippen molar-refractivity contribution in [1.82, 2.24) is 5.32 Å². The van der Waals surface area contributed by atoms with Crippen LogP contribution in [-0.2, 0) is 9.59 Å². The number of nitrogens with one attached hydrogen (secondary N) is 1. The smallest absolute Gasteiger partial charge is 0.325 e. The number of fused-ring (bicyclic) bond motifs is 1. The van der Waals surface area contributed by atoms with Crippen LogP contribution in [0.25, 0.3) is 0 Å². The molecule has 1 aliphatic heterocycles. The summed E-state index contributed by atoms with van der Waals surface area (Å²) in [6.45, 7) is 1.47. The highest BCUT2D eigenvalue weighted by molar-refractivity contribution is 7.99. The molecule has 1 aliphatic rings. The Morgan fingerprint density at radius 3 is 2.88 bits per heavy atom. The van der Waals surface area contributed by atoms with Gasteiger partial charge in [-0.1, -0.05) is 18.2 Å². The van der Waals surface area contributed by atoms with Gasteiger partial charge in [-0.25, -0.2) is 0 Å². The molecule has 0 bridgehead atoms. The van der Waals surface area contributed by atoms with Gasteiger partial charge in [-0.15, -0.1) is 11.8 Å². The van der Waals surface area contributed by atoms with E-state index in [-0.39, 0.29) is 11.8 Å². The first-order chi connectivity index (χ1) is 8.09. The molecule has 1 heterocycles. The molecule has 5 heteroatoms. The van der Waals surface area contributed by atoms with Gasteiger partial charge < -0.3 is 10.4 Å². The molecule has 0 spiro atoms. The number of thioether (sulfide) groups is 1. The normalized spacial score (nSPS) is 19.5. The molecule has 0 radical (unpaired) electrons. The molecule has 0 saturated heterocycles. The Morgan fingerprint density at radius 1 is 1.47 bits per heavy atom. The molecule has 2 atom stereocenters. The largest absolute Gasteiger partial charge is 0.480 e. The molecule has 0 saturated carbocycles. The van der Waals surface area contributed by atoms with Crippen LogP contribution in [0.5, 0.6) is 0 Å². The Kier molecular flexibility index (Phi) is 3.38. The van der Waals surface area contributed by atoms with E-state index in [0.29, 0.717) is 5.75 Å². The summed E-state index contributed by atoms with van der Waals surface area (Å²) < 4.78 is 0. The lowest BCUT2D eigenvalue weighted by atomic mass is 10.0. The third-order valence-electron chi connectivity index (χ3n) is 2.75. The van der Waals surface area contributed by atoms with Crippen molar-refractivity contribution in [2.24, 2.45) is 0 Å². The van der Waals surface area contributed by atoms with E-state index < -0.39 is 12.0 Å². The summed E-state index contributed by atoms with van der Waals surface area (Å²) in [5.41, 5.74) is 0.993. The first-order valence-corrected chi connectivity index (χ1v) is 6.33. The van der Waals surface area contributed by atoms with Crippen LogP contribution in [0, 0.1) is 0 Å². The monoisotopic (exact) mass is 251 g/mol. The van der Waals surface area contributed by atoms with E-state index in [4.69, 9.17) is 5.11 Å². The maximum absolute atomic E-state index is 11.9. The first kappa shape index (κ1) is 12.0. The van der Waals surface area contributed by atoms with Crippen LogP contribution in [0.15, 0.2) is 29.2 Å². The summed E-state index contributed by atoms with van der Waals surface area (Å²) in [6, 6.07) is 6.89. The number of carbonyl (C=O) groups excluding carboxylic acids is 1. The highest BCUT2D eigenvalue weighted by Gasteiger charge is 2.30. The SMILES string of the molecule is C[C@@H](NC(=O)[C@@H]1CSc2ccccc21)C(=O)O. The minimum Gasteiger partial charge on any atom is -0.480 e. The molecule has 0 unspecified atom stereocenters. The van der Waals surface area contributed by atoms with Gasteiger partial charge in [0.15, 0.2) is 0 Å². The summed E-state index contributed by atoms with van der Waals surface area (Å²) in [5.74, 6) is -0.787. The van der Waals surface area contributed by atoms with Crippen molar-refractivity contribution in [3.05, 3.63) is 29.8 Å². The van der Waals surface area contributed by atoms with Crippen molar-refractivity contribution in [2.45, 2.75) is 23.8 Å². The molecule has 1 amide bonds. The first-order valence-electron chi connectivity index (χ1n) is 5.34. The zero-order valence-corrected chi connectivity index (χ0v) is 10.2. The Balaban J connectivity index is 2.10. The van der Waals surface area contributed by atoms with Gasteiger partial charge in [-0.2, -0.15) is 0 Å². The van der Waals surface area contributed by atoms with Gasteiger partial charge >= 0.3 is 5.97 Å². The standard InChI is InChI=1S/C12H13NO3S/c1-7(12(15)16)13-11(14)9-6-17-10-5-3-2-4-8(9)10/h2-5,7,9H,6H2,1H3,(H,13,14)(H,15,16)/t7-,9-/m1/s1. The van der Waals surface area contributed by atoms with Crippen molar-refractivity contribution in [3.8, 4) is 0 Å². The maximum Gasteiger partial charge on any atom is 0.325 e. The van der Waals surface area contributed by atoms with Crippen molar-refractivity contribution in [1.29, 1.82) is 0 Å². The van der Waals surface area contributed by atoms with Crippen LogP contribution in [0.1, 0.15) is 18.4 Å². The van der Waals surface area contributed by atoms with Crippen LogP contribution < -0.4 is 5.32 Å². The molecule has 1 aromatic rings. The predicted molar refractivity (Wildman–Crippen MR) is 65.1 cm³/mol. The summed E-state index contributed by atoms with van der Waals surface area (Å²) in [6.07, 6.45) is 0. The average molecular weight is 251 g/mol. The lowest BCUT2D eigenvalue weighted by molar-refractivity contribution is -0.141. The van der Waals surface area contributed by atoms with Gasteiger partial charge in [0.05, 0.1) is 5.92 Å². The predicted octanol–water partition coefficient (Wildman–Crippen LogP) is 1.47. The van der Waals surface area contributed by atoms with E-state index >= 15 is 0 Å². The van der Waals surface area contributed by atoms with Gasteiger partial charge in [-0.3, -0.25) is 9.59 Å². The highest BCUT2D eigenvalue weighted by Crippen LogP contribution is 2.39. The summed E-state index contributed by atoms with van der Waals surface area (Å²) >= 11 is 1.63. The number of carboxylic acid groups (broad SMARTS) is 1. The highest BCUT2D eigenvalue weighted by atomic mass is 32.2. The van der Waals surface area contributed by atoms with Crippen LogP contribution >= 0.6 is 11.8 Å². The van der Waals surface area contributed by atoms with Crippen LogP contribution in [0.4, 0.5) is 0 Å². The Morgan fingerprint density at radius 2 is 2.18 bits per heavy atom. The fraction of sp³-hybridized carbons (Fsp3) is 0.333. The number of hydrogen-bond donors (Lipinski definition) is 2. The van der Waals surface area contributed by atoms with Crippen LogP contribution in [0.2, 0.25) is 0 Å². The quantitative estimate of drug-likeness (QED) is 0.853. The molecular formula is C12H13NO3S. The molecule has 0 fully saturated rings. The molecular weight excluding hydrogens is 238 g/mol. The second-order valence-corrected chi connectivity index (χ2v) is 5.03. The number of benzene rings is 1. The number of amides is 1. The second kappa shape index (κ2) is 4.79. The van der Waals surface area contributed by atoms with Crippen molar-refractivity contribution < 1.29 is 14.7 Å². The molecule has 0 aliphatic carbocycles. The number of rotatable bonds is 3. The maximum atomic E-state index is 11.9. The topological polar surface area (TPSA) is 66.4 Å². The summed E-state index contributed by atoms with van der Waals surface area (Å²) in [7, 11) is 0. The van der Waals surface area contributed by atoms with Gasteiger partial charge in [0.1, 0.15) is 6.04 Å². The minimum absolute atomic E-state index is 0.211. The zero-order chi connectivity index (χ0) is 12.4. The van der Waals surface area contributed by atoms with E-state index in [1.165, 1.54) is 6.92 Å². The van der Waals surface area contributed by atoms with Crippen molar-refractivity contribution in [3.63, 3.8) is 0 Å². The van der Waals surface area contributed by atoms with E-state index in [2.05, 4.69) is 5.32 Å². The summed E-state index contributed by atoms with van der Waals surface area (Å²) in [5, 5.41) is 11.3. The lowest BCUT2D eigenvalue weighted by Crippen LogP contribution is -2.41. The third-order valence-corrected chi connectivity index (χ3v) is 3.93. The molecule has 0 aromatic heterocycles. The van der Waals surface area contributed by atoms with Gasteiger partial charge in [0.2, 0.25) is 5.91 Å². The summed E-state index contributed by atoms with van der Waals surface area (Å²) in [4.78, 5) is 23.7. The van der Waals surface area contributed by atoms with E-state index in [1.807, 2.05) is 24.3 Å². The second-order valence-electron chi connectivity index (χ2n) is 3.97. The van der Waals surface area contributed by atoms with E-state index in [0.717, 1.165) is 10.5 Å². The average Bonchev–Trinajstić information content (AvgIpc) is 2.72. The van der Waals surface area contributed by atoms with Crippen molar-refractivity contribution >= 4 is 23.6 Å². The molecule has 4 nitrogen and oxygen atoms in total. The zero-order valence-electron chi connectivity index (χ0n) is 9.34. The molecule has 2 rings (SSSR count). The van der Waals surface area contributed by atoms with Crippen LogP contribution in [0.3, 0.4) is 0 Å². The van der Waals surface area contributed by atoms with Gasteiger partial charge in [0, 0.05) is 10.6 Å². The number of carboxylic acids is 1. The fourth-order valence-electron chi connectivity index (χ4n) is 1.76. The van der Waals surface area contributed by atoms with Crippen LogP contribution in [-0.4, -0.2) is 28.8 Å². The van der Waals surface area contributed by atoms with Gasteiger partial charge in [-0.05, 0) is 18.6 Å². The minimum atomic E-state index is -1.02. The number of carbonyl (C=O) groups is 2. The van der Waals surface area contributed by atoms with E-state index in [9.17, 15) is 9.59 Å². The fourth-order valence-corrected chi connectivity index (χ4v) is 2.98. The number of aliphatic carboxylic acids is 1. The number of hydrogen-bond acceptors (Lipinski definition) is 3. The lowest BCUT2D eigenvalue weighted by Gasteiger charge is -2.14. The third kappa shape index (κ3) is 2.44. The van der Waals surface area contributed by atoms with Crippen molar-refractivity contribution in [2.75, 3.05) is 5.75 Å². The van der Waals surface area contributed by atoms with Gasteiger partial charge in [0.25, 0.3) is 0 Å². The molecule has 2 N–H and O–H groups in total.